The van der Waals surface area contributed by atoms with Gasteiger partial charge in [-0.2, -0.15) is 0 Å². The lowest BCUT2D eigenvalue weighted by Crippen LogP contribution is -2.40. The van der Waals surface area contributed by atoms with Crippen molar-refractivity contribution in [3.63, 3.8) is 0 Å². The highest BCUT2D eigenvalue weighted by Gasteiger charge is 2.11. The Balaban J connectivity index is 2.45. The largest absolute Gasteiger partial charge is 0.351 e. The first-order valence-corrected chi connectivity index (χ1v) is 6.42. The molecule has 1 aromatic rings. The highest BCUT2D eigenvalue weighted by molar-refractivity contribution is 5.88. The molecule has 0 fully saturated rings. The Bertz CT molecular complexity index is 429. The van der Waals surface area contributed by atoms with Crippen molar-refractivity contribution in [3.05, 3.63) is 29.8 Å². The molecule has 5 heteroatoms. The summed E-state index contributed by atoms with van der Waals surface area (Å²) in [4.78, 5) is 22.5. The molecule has 1 rings (SSSR count). The summed E-state index contributed by atoms with van der Waals surface area (Å²) in [5.74, 6) is -0.237. The van der Waals surface area contributed by atoms with Gasteiger partial charge in [-0.05, 0) is 24.1 Å². The van der Waals surface area contributed by atoms with Crippen LogP contribution < -0.4 is 16.4 Å². The van der Waals surface area contributed by atoms with Gasteiger partial charge in [0.1, 0.15) is 0 Å². The van der Waals surface area contributed by atoms with E-state index in [1.807, 2.05) is 19.1 Å². The highest BCUT2D eigenvalue weighted by atomic mass is 16.2. The van der Waals surface area contributed by atoms with Gasteiger partial charge in [-0.1, -0.05) is 25.5 Å². The van der Waals surface area contributed by atoms with E-state index in [2.05, 4.69) is 10.6 Å². The zero-order valence-electron chi connectivity index (χ0n) is 11.4. The number of rotatable bonds is 6. The first-order valence-electron chi connectivity index (χ1n) is 6.42. The van der Waals surface area contributed by atoms with Gasteiger partial charge in [-0.15, -0.1) is 0 Å². The average molecular weight is 263 g/mol. The van der Waals surface area contributed by atoms with Gasteiger partial charge in [-0.25, -0.2) is 0 Å². The third-order valence-electron chi connectivity index (χ3n) is 2.68. The van der Waals surface area contributed by atoms with Crippen LogP contribution in [0.15, 0.2) is 24.3 Å². The van der Waals surface area contributed by atoms with Crippen molar-refractivity contribution in [1.29, 1.82) is 0 Å². The van der Waals surface area contributed by atoms with E-state index in [1.165, 1.54) is 6.92 Å². The average Bonchev–Trinajstić information content (AvgIpc) is 2.37. The van der Waals surface area contributed by atoms with Crippen LogP contribution in [0.1, 0.15) is 32.3 Å². The predicted molar refractivity (Wildman–Crippen MR) is 75.5 cm³/mol. The minimum absolute atomic E-state index is 0.105. The molecule has 104 valence electrons. The maximum Gasteiger partial charge on any atom is 0.237 e. The number of benzene rings is 1. The summed E-state index contributed by atoms with van der Waals surface area (Å²) in [6, 6.07) is 6.88. The van der Waals surface area contributed by atoms with Crippen LogP contribution in [0.3, 0.4) is 0 Å². The molecule has 2 amide bonds. The standard InChI is InChI=1S/C14H21N3O2/c1-3-4-13(15)14(19)16-9-11-5-7-12(8-6-11)17-10(2)18/h5-8,13H,3-4,9,15H2,1-2H3,(H,16,19)(H,17,18). The summed E-state index contributed by atoms with van der Waals surface area (Å²) in [5.41, 5.74) is 7.42. The summed E-state index contributed by atoms with van der Waals surface area (Å²) in [5, 5.41) is 5.48. The van der Waals surface area contributed by atoms with Crippen LogP contribution >= 0.6 is 0 Å². The van der Waals surface area contributed by atoms with Crippen molar-refractivity contribution in [2.24, 2.45) is 5.73 Å². The zero-order chi connectivity index (χ0) is 14.3. The fourth-order valence-corrected chi connectivity index (χ4v) is 1.67. The van der Waals surface area contributed by atoms with E-state index in [1.54, 1.807) is 12.1 Å². The number of anilines is 1. The molecule has 0 saturated carbocycles. The van der Waals surface area contributed by atoms with E-state index in [9.17, 15) is 9.59 Å². The lowest BCUT2D eigenvalue weighted by Gasteiger charge is -2.11. The number of amides is 2. The maximum absolute atomic E-state index is 11.6. The second-order valence-electron chi connectivity index (χ2n) is 4.49. The Morgan fingerprint density at radius 2 is 1.89 bits per heavy atom. The molecular formula is C14H21N3O2. The third-order valence-corrected chi connectivity index (χ3v) is 2.68. The fourth-order valence-electron chi connectivity index (χ4n) is 1.67. The van der Waals surface area contributed by atoms with Crippen LogP contribution in [0.2, 0.25) is 0 Å². The molecule has 0 aromatic heterocycles. The van der Waals surface area contributed by atoms with Crippen LogP contribution in [-0.2, 0) is 16.1 Å². The monoisotopic (exact) mass is 263 g/mol. The Morgan fingerprint density at radius 1 is 1.26 bits per heavy atom. The molecule has 0 aliphatic heterocycles. The van der Waals surface area contributed by atoms with Crippen molar-refractivity contribution in [3.8, 4) is 0 Å². The summed E-state index contributed by atoms with van der Waals surface area (Å²) in [7, 11) is 0. The second-order valence-corrected chi connectivity index (χ2v) is 4.49. The summed E-state index contributed by atoms with van der Waals surface area (Å²) in [6.07, 6.45) is 1.58. The van der Waals surface area contributed by atoms with Crippen LogP contribution in [0.5, 0.6) is 0 Å². The van der Waals surface area contributed by atoms with E-state index in [0.717, 1.165) is 17.7 Å². The van der Waals surface area contributed by atoms with Crippen LogP contribution in [0, 0.1) is 0 Å². The number of nitrogens with one attached hydrogen (secondary N) is 2. The molecule has 0 saturated heterocycles. The molecule has 0 heterocycles. The van der Waals surface area contributed by atoms with E-state index >= 15 is 0 Å². The van der Waals surface area contributed by atoms with E-state index in [4.69, 9.17) is 5.73 Å². The second kappa shape index (κ2) is 7.53. The third kappa shape index (κ3) is 5.52. The minimum atomic E-state index is -0.441. The maximum atomic E-state index is 11.6. The lowest BCUT2D eigenvalue weighted by molar-refractivity contribution is -0.122. The lowest BCUT2D eigenvalue weighted by atomic mass is 10.1. The molecule has 0 aliphatic carbocycles. The quantitative estimate of drug-likeness (QED) is 0.725. The Morgan fingerprint density at radius 3 is 2.42 bits per heavy atom. The number of hydrogen-bond donors (Lipinski definition) is 3. The molecule has 0 radical (unpaired) electrons. The molecule has 0 spiro atoms. The van der Waals surface area contributed by atoms with Crippen LogP contribution in [0.4, 0.5) is 5.69 Å². The van der Waals surface area contributed by atoms with Gasteiger partial charge in [0.2, 0.25) is 11.8 Å². The SMILES string of the molecule is CCCC(N)C(=O)NCc1ccc(NC(C)=O)cc1. The van der Waals surface area contributed by atoms with Crippen molar-refractivity contribution in [2.45, 2.75) is 39.3 Å². The Hall–Kier alpha value is -1.88. The number of nitrogens with two attached hydrogens (primary N) is 1. The van der Waals surface area contributed by atoms with Gasteiger partial charge in [0, 0.05) is 19.2 Å². The van der Waals surface area contributed by atoms with Gasteiger partial charge in [0.25, 0.3) is 0 Å². The minimum Gasteiger partial charge on any atom is -0.351 e. The van der Waals surface area contributed by atoms with E-state index in [0.29, 0.717) is 13.0 Å². The molecule has 5 nitrogen and oxygen atoms in total. The Kier molecular flexibility index (Phi) is 6.02. The van der Waals surface area contributed by atoms with Crippen molar-refractivity contribution in [2.75, 3.05) is 5.32 Å². The number of carbonyl (C=O) groups excluding carboxylic acids is 2. The van der Waals surface area contributed by atoms with Gasteiger partial charge in [-0.3, -0.25) is 9.59 Å². The molecule has 1 atom stereocenters. The normalized spacial score (nSPS) is 11.7. The highest BCUT2D eigenvalue weighted by Crippen LogP contribution is 2.09. The Labute approximate surface area is 113 Å². The van der Waals surface area contributed by atoms with E-state index < -0.39 is 6.04 Å². The summed E-state index contributed by atoms with van der Waals surface area (Å²) < 4.78 is 0. The molecule has 4 N–H and O–H groups in total. The fraction of sp³-hybridized carbons (Fsp3) is 0.429. The number of carbonyl (C=O) groups is 2. The van der Waals surface area contributed by atoms with Crippen molar-refractivity contribution < 1.29 is 9.59 Å². The molecule has 1 unspecified atom stereocenters. The first-order chi connectivity index (χ1) is 9.02. The molecule has 1 aromatic carbocycles. The van der Waals surface area contributed by atoms with Crippen LogP contribution in [0.25, 0.3) is 0 Å². The topological polar surface area (TPSA) is 84.2 Å². The summed E-state index contributed by atoms with van der Waals surface area (Å²) >= 11 is 0. The van der Waals surface area contributed by atoms with Gasteiger partial charge < -0.3 is 16.4 Å². The van der Waals surface area contributed by atoms with Gasteiger partial charge >= 0.3 is 0 Å². The van der Waals surface area contributed by atoms with Gasteiger partial charge in [0.15, 0.2) is 0 Å². The molecule has 19 heavy (non-hydrogen) atoms. The molecular weight excluding hydrogens is 242 g/mol. The van der Waals surface area contributed by atoms with E-state index in [-0.39, 0.29) is 11.8 Å². The van der Waals surface area contributed by atoms with Gasteiger partial charge in [0.05, 0.1) is 6.04 Å². The first kappa shape index (κ1) is 15.2. The predicted octanol–water partition coefficient (Wildman–Crippen LogP) is 1.39. The van der Waals surface area contributed by atoms with Crippen molar-refractivity contribution in [1.82, 2.24) is 5.32 Å². The summed E-state index contributed by atoms with van der Waals surface area (Å²) in [6.45, 7) is 3.90. The smallest absolute Gasteiger partial charge is 0.237 e. The number of hydrogen-bond acceptors (Lipinski definition) is 3. The molecule has 0 aliphatic rings. The zero-order valence-corrected chi connectivity index (χ0v) is 11.4. The molecule has 0 bridgehead atoms. The van der Waals surface area contributed by atoms with Crippen LogP contribution in [-0.4, -0.2) is 17.9 Å². The van der Waals surface area contributed by atoms with Crippen molar-refractivity contribution >= 4 is 17.5 Å².